The minimum Gasteiger partial charge on any atom is -0.494 e. The standard InChI is InChI=1S/C20H30N2O4S/c1-2-26-18-10-12-19(13-11-18)27(24,25)22(17-8-4-3-5-9-17)16-20(23)21-14-6-7-15-21/h10-13,17H,2-9,14-16H2,1H3. The summed E-state index contributed by atoms with van der Waals surface area (Å²) < 4.78 is 33.6. The highest BCUT2D eigenvalue weighted by Gasteiger charge is 2.35. The van der Waals surface area contributed by atoms with Crippen molar-refractivity contribution in [3.63, 3.8) is 0 Å². The molecule has 1 saturated carbocycles. The lowest BCUT2D eigenvalue weighted by atomic mass is 9.95. The van der Waals surface area contributed by atoms with Gasteiger partial charge >= 0.3 is 0 Å². The summed E-state index contributed by atoms with van der Waals surface area (Å²) in [5, 5.41) is 0. The molecule has 0 bridgehead atoms. The highest BCUT2D eigenvalue weighted by molar-refractivity contribution is 7.89. The van der Waals surface area contributed by atoms with E-state index in [2.05, 4.69) is 0 Å². The Balaban J connectivity index is 1.83. The molecule has 0 spiro atoms. The molecule has 2 aliphatic rings. The lowest BCUT2D eigenvalue weighted by Gasteiger charge is -2.34. The molecule has 1 saturated heterocycles. The molecule has 1 aromatic carbocycles. The fourth-order valence-corrected chi connectivity index (χ4v) is 5.62. The first-order valence-corrected chi connectivity index (χ1v) is 11.5. The maximum Gasteiger partial charge on any atom is 0.243 e. The van der Waals surface area contributed by atoms with Gasteiger partial charge in [-0.1, -0.05) is 19.3 Å². The molecule has 0 atom stereocenters. The van der Waals surface area contributed by atoms with Crippen molar-refractivity contribution in [2.24, 2.45) is 0 Å². The van der Waals surface area contributed by atoms with Crippen LogP contribution in [0.3, 0.4) is 0 Å². The maximum absolute atomic E-state index is 13.4. The van der Waals surface area contributed by atoms with Crippen LogP contribution in [0.1, 0.15) is 51.9 Å². The van der Waals surface area contributed by atoms with Crippen LogP contribution in [0.15, 0.2) is 29.2 Å². The fraction of sp³-hybridized carbons (Fsp3) is 0.650. The number of ether oxygens (including phenoxy) is 1. The Morgan fingerprint density at radius 1 is 1.07 bits per heavy atom. The summed E-state index contributed by atoms with van der Waals surface area (Å²) in [6.45, 7) is 3.84. The minimum absolute atomic E-state index is 0.0553. The monoisotopic (exact) mass is 394 g/mol. The Morgan fingerprint density at radius 2 is 1.70 bits per heavy atom. The van der Waals surface area contributed by atoms with Crippen molar-refractivity contribution in [2.75, 3.05) is 26.2 Å². The molecule has 0 unspecified atom stereocenters. The number of amides is 1. The van der Waals surface area contributed by atoms with Gasteiger partial charge in [-0.15, -0.1) is 0 Å². The van der Waals surface area contributed by atoms with Gasteiger partial charge in [0.25, 0.3) is 0 Å². The Hall–Kier alpha value is -1.60. The van der Waals surface area contributed by atoms with Gasteiger partial charge < -0.3 is 9.64 Å². The second kappa shape index (κ2) is 9.06. The topological polar surface area (TPSA) is 66.9 Å². The van der Waals surface area contributed by atoms with E-state index in [4.69, 9.17) is 4.74 Å². The van der Waals surface area contributed by atoms with E-state index in [9.17, 15) is 13.2 Å². The molecule has 1 amide bonds. The number of rotatable bonds is 7. The maximum atomic E-state index is 13.4. The van der Waals surface area contributed by atoms with E-state index in [1.807, 2.05) is 6.92 Å². The van der Waals surface area contributed by atoms with Crippen LogP contribution in [0.25, 0.3) is 0 Å². The molecule has 7 heteroatoms. The molecule has 3 rings (SSSR count). The van der Waals surface area contributed by atoms with E-state index in [0.717, 1.165) is 58.0 Å². The van der Waals surface area contributed by atoms with Gasteiger partial charge in [0.15, 0.2) is 0 Å². The lowest BCUT2D eigenvalue weighted by Crippen LogP contribution is -2.47. The van der Waals surface area contributed by atoms with Gasteiger partial charge in [0.1, 0.15) is 5.75 Å². The van der Waals surface area contributed by atoms with Crippen LogP contribution in [-0.2, 0) is 14.8 Å². The average molecular weight is 395 g/mol. The van der Waals surface area contributed by atoms with Crippen LogP contribution < -0.4 is 4.74 Å². The van der Waals surface area contributed by atoms with Gasteiger partial charge in [-0.25, -0.2) is 8.42 Å². The number of benzene rings is 1. The van der Waals surface area contributed by atoms with E-state index in [-0.39, 0.29) is 23.4 Å². The van der Waals surface area contributed by atoms with Crippen molar-refractivity contribution in [3.05, 3.63) is 24.3 Å². The van der Waals surface area contributed by atoms with Crippen LogP contribution in [0.5, 0.6) is 5.75 Å². The molecule has 27 heavy (non-hydrogen) atoms. The molecule has 6 nitrogen and oxygen atoms in total. The van der Waals surface area contributed by atoms with E-state index in [1.165, 1.54) is 4.31 Å². The molecular formula is C20H30N2O4S. The summed E-state index contributed by atoms with van der Waals surface area (Å²) in [6.07, 6.45) is 6.80. The number of nitrogens with zero attached hydrogens (tertiary/aromatic N) is 2. The number of sulfonamides is 1. The molecule has 0 aromatic heterocycles. The molecule has 0 N–H and O–H groups in total. The van der Waals surface area contributed by atoms with E-state index < -0.39 is 10.0 Å². The number of likely N-dealkylation sites (tertiary alicyclic amines) is 1. The highest BCUT2D eigenvalue weighted by atomic mass is 32.2. The lowest BCUT2D eigenvalue weighted by molar-refractivity contribution is -0.130. The molecule has 1 aromatic rings. The Labute approximate surface area is 162 Å². The Kier molecular flexibility index (Phi) is 6.76. The molecule has 0 radical (unpaired) electrons. The van der Waals surface area contributed by atoms with Crippen LogP contribution in [0.2, 0.25) is 0 Å². The second-order valence-electron chi connectivity index (χ2n) is 7.33. The number of carbonyl (C=O) groups excluding carboxylic acids is 1. The van der Waals surface area contributed by atoms with Gasteiger partial charge in [-0.3, -0.25) is 4.79 Å². The number of hydrogen-bond acceptors (Lipinski definition) is 4. The second-order valence-corrected chi connectivity index (χ2v) is 9.22. The van der Waals surface area contributed by atoms with Crippen molar-refractivity contribution in [3.8, 4) is 5.75 Å². The van der Waals surface area contributed by atoms with E-state index in [1.54, 1.807) is 29.2 Å². The summed E-state index contributed by atoms with van der Waals surface area (Å²) in [5.41, 5.74) is 0. The SMILES string of the molecule is CCOc1ccc(S(=O)(=O)N(CC(=O)N2CCCC2)C2CCCCC2)cc1. The Morgan fingerprint density at radius 3 is 2.30 bits per heavy atom. The van der Waals surface area contributed by atoms with Crippen molar-refractivity contribution < 1.29 is 17.9 Å². The number of hydrogen-bond donors (Lipinski definition) is 0. The quantitative estimate of drug-likeness (QED) is 0.713. The van der Waals surface area contributed by atoms with Crippen LogP contribution in [0, 0.1) is 0 Å². The first kappa shape index (κ1) is 20.1. The van der Waals surface area contributed by atoms with Crippen LogP contribution in [-0.4, -0.2) is 55.8 Å². The predicted octanol–water partition coefficient (Wildman–Crippen LogP) is 3.03. The van der Waals surface area contributed by atoms with Crippen molar-refractivity contribution in [2.45, 2.75) is 62.8 Å². The summed E-state index contributed by atoms with van der Waals surface area (Å²) in [4.78, 5) is 14.7. The van der Waals surface area contributed by atoms with Gasteiger partial charge in [0.05, 0.1) is 18.0 Å². The largest absolute Gasteiger partial charge is 0.494 e. The number of carbonyl (C=O) groups is 1. The van der Waals surface area contributed by atoms with Crippen LogP contribution >= 0.6 is 0 Å². The third kappa shape index (κ3) is 4.82. The van der Waals surface area contributed by atoms with Gasteiger partial charge in [-0.05, 0) is 56.9 Å². The summed E-state index contributed by atoms with van der Waals surface area (Å²) >= 11 is 0. The van der Waals surface area contributed by atoms with Crippen molar-refractivity contribution >= 4 is 15.9 Å². The zero-order valence-electron chi connectivity index (χ0n) is 16.1. The van der Waals surface area contributed by atoms with Crippen molar-refractivity contribution in [1.82, 2.24) is 9.21 Å². The predicted molar refractivity (Wildman–Crippen MR) is 104 cm³/mol. The van der Waals surface area contributed by atoms with Gasteiger partial charge in [0, 0.05) is 19.1 Å². The average Bonchev–Trinajstić information content (AvgIpc) is 3.22. The first-order valence-electron chi connectivity index (χ1n) is 10.0. The molecule has 150 valence electrons. The van der Waals surface area contributed by atoms with E-state index >= 15 is 0 Å². The summed E-state index contributed by atoms with van der Waals surface area (Å²) in [7, 11) is -3.73. The smallest absolute Gasteiger partial charge is 0.243 e. The summed E-state index contributed by atoms with van der Waals surface area (Å²) in [6, 6.07) is 6.42. The molecule has 1 aliphatic heterocycles. The molecule has 2 fully saturated rings. The normalized spacial score (nSPS) is 18.8. The fourth-order valence-electron chi connectivity index (χ4n) is 3.99. The van der Waals surface area contributed by atoms with Crippen LogP contribution in [0.4, 0.5) is 0 Å². The van der Waals surface area contributed by atoms with Gasteiger partial charge in [-0.2, -0.15) is 4.31 Å². The third-order valence-corrected chi connectivity index (χ3v) is 7.39. The zero-order valence-corrected chi connectivity index (χ0v) is 16.9. The summed E-state index contributed by atoms with van der Waals surface area (Å²) in [5.74, 6) is 0.571. The minimum atomic E-state index is -3.73. The highest BCUT2D eigenvalue weighted by Crippen LogP contribution is 2.29. The third-order valence-electron chi connectivity index (χ3n) is 5.47. The van der Waals surface area contributed by atoms with E-state index in [0.29, 0.717) is 12.4 Å². The molecule has 1 aliphatic carbocycles. The zero-order chi connectivity index (χ0) is 19.3. The molecular weight excluding hydrogens is 364 g/mol. The molecule has 1 heterocycles. The van der Waals surface area contributed by atoms with Crippen molar-refractivity contribution in [1.29, 1.82) is 0 Å². The first-order chi connectivity index (χ1) is 13.0. The Bertz CT molecular complexity index is 721. The van der Waals surface area contributed by atoms with Gasteiger partial charge in [0.2, 0.25) is 15.9 Å².